The lowest BCUT2D eigenvalue weighted by Crippen LogP contribution is -2.02. The molecule has 0 unspecified atom stereocenters. The van der Waals surface area contributed by atoms with E-state index in [2.05, 4.69) is 46.5 Å². The average Bonchev–Trinajstić information content (AvgIpc) is 2.80. The van der Waals surface area contributed by atoms with Crippen LogP contribution in [-0.4, -0.2) is 17.0 Å². The topological polar surface area (TPSA) is 66.7 Å². The average molecular weight is 266 g/mol. The summed E-state index contributed by atoms with van der Waals surface area (Å²) in [7, 11) is 1.86. The molecular formula is C16H18N4. The molecular weight excluding hydrogens is 248 g/mol. The zero-order valence-electron chi connectivity index (χ0n) is 11.9. The zero-order valence-corrected chi connectivity index (χ0v) is 11.9. The lowest BCUT2D eigenvalue weighted by Gasteiger charge is -2.11. The minimum atomic E-state index is 0.525. The minimum Gasteiger partial charge on any atom is -0.385 e. The van der Waals surface area contributed by atoms with Gasteiger partial charge in [-0.25, -0.2) is 4.98 Å². The molecule has 4 heteroatoms. The molecule has 0 aliphatic rings. The van der Waals surface area contributed by atoms with Gasteiger partial charge in [0.2, 0.25) is 0 Å². The number of nitrogens with one attached hydrogen (secondary N) is 2. The Kier molecular flexibility index (Phi) is 2.86. The summed E-state index contributed by atoms with van der Waals surface area (Å²) < 4.78 is 0. The SMILES string of the molecule is CNc1c(-c2cc3ccc(C)cc3[nH]2)cc(C)nc1N. The number of aromatic nitrogens is 2. The van der Waals surface area contributed by atoms with Crippen molar-refractivity contribution in [1.29, 1.82) is 0 Å². The quantitative estimate of drug-likeness (QED) is 0.665. The second-order valence-electron chi connectivity index (χ2n) is 5.10. The van der Waals surface area contributed by atoms with Crippen molar-refractivity contribution in [1.82, 2.24) is 9.97 Å². The van der Waals surface area contributed by atoms with Gasteiger partial charge in [-0.2, -0.15) is 0 Å². The first kappa shape index (κ1) is 12.5. The van der Waals surface area contributed by atoms with Crippen molar-refractivity contribution in [3.63, 3.8) is 0 Å². The van der Waals surface area contributed by atoms with E-state index < -0.39 is 0 Å². The van der Waals surface area contributed by atoms with Gasteiger partial charge in [0.25, 0.3) is 0 Å². The zero-order chi connectivity index (χ0) is 14.3. The van der Waals surface area contributed by atoms with Crippen LogP contribution in [0.1, 0.15) is 11.3 Å². The Morgan fingerprint density at radius 3 is 2.70 bits per heavy atom. The minimum absolute atomic E-state index is 0.525. The fourth-order valence-electron chi connectivity index (χ4n) is 2.56. The van der Waals surface area contributed by atoms with Gasteiger partial charge in [0.15, 0.2) is 0 Å². The summed E-state index contributed by atoms with van der Waals surface area (Å²) >= 11 is 0. The summed E-state index contributed by atoms with van der Waals surface area (Å²) in [5.41, 5.74) is 12.2. The first-order valence-electron chi connectivity index (χ1n) is 6.63. The van der Waals surface area contributed by atoms with E-state index in [9.17, 15) is 0 Å². The Balaban J connectivity index is 2.24. The Morgan fingerprint density at radius 1 is 1.15 bits per heavy atom. The number of aryl methyl sites for hydroxylation is 2. The second kappa shape index (κ2) is 4.56. The number of nitrogens with zero attached hydrogens (tertiary/aromatic N) is 1. The van der Waals surface area contributed by atoms with Crippen molar-refractivity contribution in [2.75, 3.05) is 18.1 Å². The normalized spacial score (nSPS) is 10.9. The number of aromatic amines is 1. The summed E-state index contributed by atoms with van der Waals surface area (Å²) in [4.78, 5) is 7.76. The Hall–Kier alpha value is -2.49. The molecule has 102 valence electrons. The van der Waals surface area contributed by atoms with Crippen molar-refractivity contribution in [2.45, 2.75) is 13.8 Å². The predicted molar refractivity (Wildman–Crippen MR) is 85.0 cm³/mol. The largest absolute Gasteiger partial charge is 0.385 e. The highest BCUT2D eigenvalue weighted by Gasteiger charge is 2.12. The van der Waals surface area contributed by atoms with E-state index in [1.54, 1.807) is 0 Å². The number of nitrogen functional groups attached to an aromatic ring is 1. The highest BCUT2D eigenvalue weighted by molar-refractivity contribution is 5.91. The second-order valence-corrected chi connectivity index (χ2v) is 5.10. The van der Waals surface area contributed by atoms with Gasteiger partial charge in [0.1, 0.15) is 5.82 Å². The number of anilines is 2. The number of benzene rings is 1. The van der Waals surface area contributed by atoms with Crippen LogP contribution in [0.15, 0.2) is 30.3 Å². The van der Waals surface area contributed by atoms with E-state index in [4.69, 9.17) is 5.73 Å². The molecule has 1 aromatic carbocycles. The van der Waals surface area contributed by atoms with Gasteiger partial charge in [0.05, 0.1) is 5.69 Å². The molecule has 4 N–H and O–H groups in total. The molecule has 3 aromatic rings. The lowest BCUT2D eigenvalue weighted by molar-refractivity contribution is 1.20. The molecule has 0 spiro atoms. The molecule has 4 nitrogen and oxygen atoms in total. The number of rotatable bonds is 2. The van der Waals surface area contributed by atoms with Crippen LogP contribution in [0.2, 0.25) is 0 Å². The van der Waals surface area contributed by atoms with Crippen LogP contribution >= 0.6 is 0 Å². The van der Waals surface area contributed by atoms with E-state index in [0.717, 1.165) is 28.2 Å². The van der Waals surface area contributed by atoms with Gasteiger partial charge in [-0.15, -0.1) is 0 Å². The van der Waals surface area contributed by atoms with Gasteiger partial charge in [0, 0.05) is 34.9 Å². The number of hydrogen-bond donors (Lipinski definition) is 3. The molecule has 0 atom stereocenters. The molecule has 0 radical (unpaired) electrons. The number of nitrogens with two attached hydrogens (primary N) is 1. The van der Waals surface area contributed by atoms with Crippen LogP contribution in [0.3, 0.4) is 0 Å². The molecule has 0 bridgehead atoms. The molecule has 0 saturated heterocycles. The fraction of sp³-hybridized carbons (Fsp3) is 0.188. The maximum Gasteiger partial charge on any atom is 0.147 e. The molecule has 3 rings (SSSR count). The van der Waals surface area contributed by atoms with Crippen LogP contribution in [-0.2, 0) is 0 Å². The Labute approximate surface area is 118 Å². The van der Waals surface area contributed by atoms with Gasteiger partial charge >= 0.3 is 0 Å². The number of pyridine rings is 1. The van der Waals surface area contributed by atoms with Crippen molar-refractivity contribution < 1.29 is 0 Å². The summed E-state index contributed by atoms with van der Waals surface area (Å²) in [6.07, 6.45) is 0. The fourth-order valence-corrected chi connectivity index (χ4v) is 2.56. The highest BCUT2D eigenvalue weighted by atomic mass is 14.9. The summed E-state index contributed by atoms with van der Waals surface area (Å²) in [6, 6.07) is 10.6. The van der Waals surface area contributed by atoms with Gasteiger partial charge in [-0.05, 0) is 37.6 Å². The standard InChI is InChI=1S/C16H18N4/c1-9-4-5-11-8-14(20-13(11)6-9)12-7-10(2)19-16(17)15(12)18-3/h4-8,18,20H,1-3H3,(H2,17,19). The van der Waals surface area contributed by atoms with Crippen molar-refractivity contribution in [3.8, 4) is 11.3 Å². The molecule has 0 saturated carbocycles. The monoisotopic (exact) mass is 266 g/mol. The molecule has 0 aliphatic heterocycles. The van der Waals surface area contributed by atoms with Gasteiger partial charge in [-0.1, -0.05) is 12.1 Å². The number of H-pyrrole nitrogens is 1. The van der Waals surface area contributed by atoms with Crippen LogP contribution in [0, 0.1) is 13.8 Å². The molecule has 0 amide bonds. The lowest BCUT2D eigenvalue weighted by atomic mass is 10.1. The first-order valence-corrected chi connectivity index (χ1v) is 6.63. The third kappa shape index (κ3) is 1.99. The maximum absolute atomic E-state index is 6.00. The van der Waals surface area contributed by atoms with Crippen molar-refractivity contribution in [3.05, 3.63) is 41.6 Å². The predicted octanol–water partition coefficient (Wildman–Crippen LogP) is 3.47. The summed E-state index contributed by atoms with van der Waals surface area (Å²) in [5.74, 6) is 0.525. The van der Waals surface area contributed by atoms with Crippen molar-refractivity contribution in [2.24, 2.45) is 0 Å². The van der Waals surface area contributed by atoms with Gasteiger partial charge < -0.3 is 16.0 Å². The Morgan fingerprint density at radius 2 is 1.95 bits per heavy atom. The van der Waals surface area contributed by atoms with Crippen LogP contribution in [0.25, 0.3) is 22.2 Å². The van der Waals surface area contributed by atoms with E-state index >= 15 is 0 Å². The maximum atomic E-state index is 6.00. The molecule has 0 fully saturated rings. The van der Waals surface area contributed by atoms with Crippen molar-refractivity contribution >= 4 is 22.4 Å². The number of fused-ring (bicyclic) bond motifs is 1. The molecule has 0 aliphatic carbocycles. The summed E-state index contributed by atoms with van der Waals surface area (Å²) in [5, 5.41) is 4.33. The van der Waals surface area contributed by atoms with E-state index in [-0.39, 0.29) is 0 Å². The molecule has 2 heterocycles. The van der Waals surface area contributed by atoms with E-state index in [1.807, 2.05) is 20.0 Å². The third-order valence-electron chi connectivity index (χ3n) is 3.49. The number of hydrogen-bond acceptors (Lipinski definition) is 3. The Bertz CT molecular complexity index is 787. The third-order valence-corrected chi connectivity index (χ3v) is 3.49. The smallest absolute Gasteiger partial charge is 0.147 e. The molecule has 2 aromatic heterocycles. The van der Waals surface area contributed by atoms with Crippen LogP contribution in [0.4, 0.5) is 11.5 Å². The van der Waals surface area contributed by atoms with Crippen LogP contribution < -0.4 is 11.1 Å². The van der Waals surface area contributed by atoms with E-state index in [1.165, 1.54) is 10.9 Å². The molecule has 20 heavy (non-hydrogen) atoms. The van der Waals surface area contributed by atoms with Crippen LogP contribution in [0.5, 0.6) is 0 Å². The van der Waals surface area contributed by atoms with E-state index in [0.29, 0.717) is 5.82 Å². The first-order chi connectivity index (χ1) is 9.58. The summed E-state index contributed by atoms with van der Waals surface area (Å²) in [6.45, 7) is 4.04. The van der Waals surface area contributed by atoms with Gasteiger partial charge in [-0.3, -0.25) is 0 Å². The highest BCUT2D eigenvalue weighted by Crippen LogP contribution is 2.33.